The minimum atomic E-state index is -0.592. The lowest BCUT2D eigenvalue weighted by Crippen LogP contribution is -2.34. The molecule has 0 saturated heterocycles. The third kappa shape index (κ3) is 3.08. The number of nitrogens with two attached hydrogens (primary N) is 1. The van der Waals surface area contributed by atoms with Crippen LogP contribution in [-0.2, 0) is 0 Å². The Bertz CT molecular complexity index is 432. The third-order valence-electron chi connectivity index (χ3n) is 4.51. The van der Waals surface area contributed by atoms with E-state index in [-0.39, 0.29) is 5.41 Å². The van der Waals surface area contributed by atoms with E-state index in [0.717, 1.165) is 31.2 Å². The van der Waals surface area contributed by atoms with Gasteiger partial charge in [-0.1, -0.05) is 36.5 Å². The molecule has 0 radical (unpaired) electrons. The Morgan fingerprint density at radius 2 is 2.00 bits per heavy atom. The number of hydrogen-bond donors (Lipinski definition) is 2. The number of halogens is 2. The van der Waals surface area contributed by atoms with Crippen LogP contribution >= 0.6 is 23.2 Å². The Balaban J connectivity index is 2.28. The molecular weight excluding hydrogens is 281 g/mol. The first-order valence-corrected chi connectivity index (χ1v) is 7.60. The second kappa shape index (κ2) is 6.01. The Labute approximate surface area is 124 Å². The summed E-state index contributed by atoms with van der Waals surface area (Å²) in [5, 5.41) is 11.8. The summed E-state index contributed by atoms with van der Waals surface area (Å²) in [4.78, 5) is 0. The fourth-order valence-corrected chi connectivity index (χ4v) is 3.79. The van der Waals surface area contributed by atoms with Crippen molar-refractivity contribution in [2.75, 3.05) is 6.54 Å². The van der Waals surface area contributed by atoms with Crippen LogP contribution in [0, 0.1) is 11.3 Å². The molecule has 3 N–H and O–H groups in total. The SMILES string of the molecule is CCC1CCC(CN)(C(O)c2cc(Cl)cc(Cl)c2)C1. The van der Waals surface area contributed by atoms with Gasteiger partial charge in [0.15, 0.2) is 0 Å². The Morgan fingerprint density at radius 1 is 1.37 bits per heavy atom. The summed E-state index contributed by atoms with van der Waals surface area (Å²) in [7, 11) is 0. The van der Waals surface area contributed by atoms with E-state index in [4.69, 9.17) is 28.9 Å². The van der Waals surface area contributed by atoms with Crippen LogP contribution in [0.4, 0.5) is 0 Å². The normalized spacial score (nSPS) is 28.6. The summed E-state index contributed by atoms with van der Waals surface area (Å²) in [6.07, 6.45) is 3.63. The van der Waals surface area contributed by atoms with E-state index < -0.39 is 6.10 Å². The number of benzene rings is 1. The van der Waals surface area contributed by atoms with E-state index in [2.05, 4.69) is 6.92 Å². The molecule has 1 aliphatic carbocycles. The molecule has 19 heavy (non-hydrogen) atoms. The average Bonchev–Trinajstić information content (AvgIpc) is 2.81. The summed E-state index contributed by atoms with van der Waals surface area (Å²) in [6, 6.07) is 5.25. The monoisotopic (exact) mass is 301 g/mol. The highest BCUT2D eigenvalue weighted by atomic mass is 35.5. The van der Waals surface area contributed by atoms with Gasteiger partial charge in [-0.25, -0.2) is 0 Å². The van der Waals surface area contributed by atoms with Gasteiger partial charge >= 0.3 is 0 Å². The van der Waals surface area contributed by atoms with Gasteiger partial charge in [0.2, 0.25) is 0 Å². The van der Waals surface area contributed by atoms with Gasteiger partial charge in [-0.2, -0.15) is 0 Å². The summed E-state index contributed by atoms with van der Waals surface area (Å²) in [5.41, 5.74) is 6.52. The predicted molar refractivity (Wildman–Crippen MR) is 80.5 cm³/mol. The molecule has 1 aromatic carbocycles. The van der Waals surface area contributed by atoms with Crippen LogP contribution in [0.15, 0.2) is 18.2 Å². The highest BCUT2D eigenvalue weighted by Crippen LogP contribution is 2.50. The fraction of sp³-hybridized carbons (Fsp3) is 0.600. The maximum absolute atomic E-state index is 10.7. The van der Waals surface area contributed by atoms with Crippen molar-refractivity contribution >= 4 is 23.2 Å². The van der Waals surface area contributed by atoms with E-state index in [1.165, 1.54) is 0 Å². The number of hydrogen-bond acceptors (Lipinski definition) is 2. The topological polar surface area (TPSA) is 46.2 Å². The molecule has 1 aromatic rings. The summed E-state index contributed by atoms with van der Waals surface area (Å²) >= 11 is 12.0. The van der Waals surface area contributed by atoms with Gasteiger partial charge < -0.3 is 10.8 Å². The average molecular weight is 302 g/mol. The van der Waals surface area contributed by atoms with Gasteiger partial charge in [0.25, 0.3) is 0 Å². The maximum atomic E-state index is 10.7. The quantitative estimate of drug-likeness (QED) is 0.876. The molecule has 1 saturated carbocycles. The van der Waals surface area contributed by atoms with Crippen LogP contribution in [0.5, 0.6) is 0 Å². The molecule has 0 aliphatic heterocycles. The van der Waals surface area contributed by atoms with Crippen LogP contribution in [0.2, 0.25) is 10.0 Å². The van der Waals surface area contributed by atoms with Crippen molar-refractivity contribution in [2.24, 2.45) is 17.1 Å². The van der Waals surface area contributed by atoms with E-state index in [1.807, 2.05) is 0 Å². The molecule has 3 atom stereocenters. The standard InChI is InChI=1S/C15H21Cl2NO/c1-2-10-3-4-15(8-10,9-18)14(19)11-5-12(16)7-13(17)6-11/h5-7,10,14,19H,2-4,8-9,18H2,1H3. The lowest BCUT2D eigenvalue weighted by molar-refractivity contribution is 0.0301. The Morgan fingerprint density at radius 3 is 2.47 bits per heavy atom. The van der Waals surface area contributed by atoms with Crippen LogP contribution in [0.1, 0.15) is 44.3 Å². The van der Waals surface area contributed by atoms with Crippen molar-refractivity contribution in [1.29, 1.82) is 0 Å². The van der Waals surface area contributed by atoms with Crippen molar-refractivity contribution in [1.82, 2.24) is 0 Å². The van der Waals surface area contributed by atoms with Gasteiger partial charge in [-0.15, -0.1) is 0 Å². The largest absolute Gasteiger partial charge is 0.388 e. The van der Waals surface area contributed by atoms with Crippen molar-refractivity contribution in [3.05, 3.63) is 33.8 Å². The van der Waals surface area contributed by atoms with Gasteiger partial charge in [0, 0.05) is 22.0 Å². The maximum Gasteiger partial charge on any atom is 0.0859 e. The third-order valence-corrected chi connectivity index (χ3v) is 4.95. The molecule has 0 bridgehead atoms. The van der Waals surface area contributed by atoms with Crippen LogP contribution < -0.4 is 5.73 Å². The first kappa shape index (κ1) is 15.1. The van der Waals surface area contributed by atoms with Crippen molar-refractivity contribution in [3.63, 3.8) is 0 Å². The molecule has 0 amide bonds. The smallest absolute Gasteiger partial charge is 0.0859 e. The lowest BCUT2D eigenvalue weighted by atomic mass is 9.76. The molecule has 3 unspecified atom stereocenters. The van der Waals surface area contributed by atoms with Gasteiger partial charge in [0.05, 0.1) is 6.10 Å². The molecule has 0 aromatic heterocycles. The van der Waals surface area contributed by atoms with Crippen LogP contribution in [-0.4, -0.2) is 11.7 Å². The summed E-state index contributed by atoms with van der Waals surface area (Å²) < 4.78 is 0. The van der Waals surface area contributed by atoms with Crippen molar-refractivity contribution < 1.29 is 5.11 Å². The number of rotatable bonds is 4. The molecular formula is C15H21Cl2NO. The number of aliphatic hydroxyl groups is 1. The fourth-order valence-electron chi connectivity index (χ4n) is 3.25. The summed E-state index contributed by atoms with van der Waals surface area (Å²) in [6.45, 7) is 2.69. The zero-order chi connectivity index (χ0) is 14.0. The molecule has 0 heterocycles. The van der Waals surface area contributed by atoms with Gasteiger partial charge in [-0.05, 0) is 48.9 Å². The molecule has 1 aliphatic rings. The molecule has 4 heteroatoms. The van der Waals surface area contributed by atoms with E-state index in [9.17, 15) is 5.11 Å². The molecule has 106 valence electrons. The summed E-state index contributed by atoms with van der Waals surface area (Å²) in [5.74, 6) is 0.660. The first-order valence-electron chi connectivity index (χ1n) is 6.85. The van der Waals surface area contributed by atoms with E-state index in [0.29, 0.717) is 22.5 Å². The van der Waals surface area contributed by atoms with Crippen molar-refractivity contribution in [2.45, 2.75) is 38.7 Å². The van der Waals surface area contributed by atoms with Crippen molar-refractivity contribution in [3.8, 4) is 0 Å². The molecule has 0 spiro atoms. The molecule has 1 fully saturated rings. The number of aliphatic hydroxyl groups excluding tert-OH is 1. The zero-order valence-electron chi connectivity index (χ0n) is 11.2. The Hall–Kier alpha value is -0.280. The minimum Gasteiger partial charge on any atom is -0.388 e. The molecule has 2 nitrogen and oxygen atoms in total. The van der Waals surface area contributed by atoms with Crippen LogP contribution in [0.25, 0.3) is 0 Å². The second-order valence-electron chi connectivity index (χ2n) is 5.69. The highest BCUT2D eigenvalue weighted by Gasteiger charge is 2.43. The zero-order valence-corrected chi connectivity index (χ0v) is 12.7. The minimum absolute atomic E-state index is 0.227. The van der Waals surface area contributed by atoms with Gasteiger partial charge in [-0.3, -0.25) is 0 Å². The lowest BCUT2D eigenvalue weighted by Gasteiger charge is -2.34. The van der Waals surface area contributed by atoms with E-state index >= 15 is 0 Å². The van der Waals surface area contributed by atoms with E-state index in [1.54, 1.807) is 18.2 Å². The Kier molecular flexibility index (Phi) is 4.78. The highest BCUT2D eigenvalue weighted by molar-refractivity contribution is 6.34. The first-order chi connectivity index (χ1) is 9.00. The predicted octanol–water partition coefficient (Wildman–Crippen LogP) is 4.18. The van der Waals surface area contributed by atoms with Crippen LogP contribution in [0.3, 0.4) is 0 Å². The second-order valence-corrected chi connectivity index (χ2v) is 6.56. The molecule has 2 rings (SSSR count). The van der Waals surface area contributed by atoms with Gasteiger partial charge in [0.1, 0.15) is 0 Å².